The number of nitrogens with one attached hydrogen (secondary N) is 1. The van der Waals surface area contributed by atoms with Gasteiger partial charge in [-0.05, 0) is 37.4 Å². The first-order valence-electron chi connectivity index (χ1n) is 10.5. The van der Waals surface area contributed by atoms with Crippen molar-refractivity contribution in [1.29, 1.82) is 0 Å². The predicted octanol–water partition coefficient (Wildman–Crippen LogP) is 6.35. The van der Waals surface area contributed by atoms with E-state index in [-0.39, 0.29) is 11.6 Å². The van der Waals surface area contributed by atoms with Gasteiger partial charge < -0.3 is 5.32 Å². The van der Waals surface area contributed by atoms with Gasteiger partial charge in [0.25, 0.3) is 5.56 Å². The van der Waals surface area contributed by atoms with Gasteiger partial charge in [0.1, 0.15) is 0 Å². The van der Waals surface area contributed by atoms with Gasteiger partial charge in [0.05, 0.1) is 23.0 Å². The van der Waals surface area contributed by atoms with Crippen LogP contribution in [0.15, 0.2) is 113 Å². The Labute approximate surface area is 192 Å². The van der Waals surface area contributed by atoms with Gasteiger partial charge in [-0.2, -0.15) is 0 Å². The lowest BCUT2D eigenvalue weighted by Crippen LogP contribution is -2.30. The molecular formula is C27H25N3OS. The minimum absolute atomic E-state index is 0.0825. The van der Waals surface area contributed by atoms with Crippen LogP contribution in [-0.4, -0.2) is 15.8 Å². The van der Waals surface area contributed by atoms with Crippen LogP contribution in [0.1, 0.15) is 18.5 Å². The topological polar surface area (TPSA) is 46.9 Å². The third-order valence-electron chi connectivity index (χ3n) is 5.12. The summed E-state index contributed by atoms with van der Waals surface area (Å²) >= 11 is 1.46. The summed E-state index contributed by atoms with van der Waals surface area (Å²) in [5.74, 6) is 0. The number of hydrogen-bond donors (Lipinski definition) is 1. The van der Waals surface area contributed by atoms with Crippen molar-refractivity contribution in [2.75, 3.05) is 11.6 Å². The van der Waals surface area contributed by atoms with Crippen molar-refractivity contribution in [3.05, 3.63) is 119 Å². The van der Waals surface area contributed by atoms with Crippen LogP contribution >= 0.6 is 11.8 Å². The maximum atomic E-state index is 14.1. The molecule has 0 saturated carbocycles. The number of aromatic nitrogens is 2. The van der Waals surface area contributed by atoms with Crippen LogP contribution in [0.4, 0.5) is 5.69 Å². The van der Waals surface area contributed by atoms with E-state index in [9.17, 15) is 4.79 Å². The Morgan fingerprint density at radius 2 is 1.50 bits per heavy atom. The highest BCUT2D eigenvalue weighted by Crippen LogP contribution is 2.30. The number of nitrogens with zero attached hydrogens (tertiary/aromatic N) is 2. The molecule has 4 aromatic rings. The standard InChI is InChI=1S/C27H25N3OS/c1-3-13-23(28-21-16-9-5-10-17-21)24-25(20-14-7-4-8-15-20)29-27(32-2)30(26(24)31)22-18-11-6-12-19-22/h3-19,23,28H,1-2H3/b13-3+. The Hall–Kier alpha value is -3.57. The first kappa shape index (κ1) is 21.7. The second kappa shape index (κ2) is 10.2. The molecule has 0 aliphatic rings. The highest BCUT2D eigenvalue weighted by Gasteiger charge is 2.24. The van der Waals surface area contributed by atoms with Gasteiger partial charge in [0.2, 0.25) is 0 Å². The average molecular weight is 440 g/mol. The fourth-order valence-corrected chi connectivity index (χ4v) is 4.23. The van der Waals surface area contributed by atoms with E-state index in [2.05, 4.69) is 5.32 Å². The lowest BCUT2D eigenvalue weighted by Gasteiger charge is -2.22. The molecule has 32 heavy (non-hydrogen) atoms. The minimum Gasteiger partial charge on any atom is -0.374 e. The van der Waals surface area contributed by atoms with Crippen LogP contribution in [0, 0.1) is 0 Å². The smallest absolute Gasteiger partial charge is 0.264 e. The minimum atomic E-state index is -0.344. The maximum Gasteiger partial charge on any atom is 0.264 e. The molecule has 0 radical (unpaired) electrons. The maximum absolute atomic E-state index is 14.1. The molecule has 0 saturated heterocycles. The zero-order valence-electron chi connectivity index (χ0n) is 18.1. The number of anilines is 1. The Morgan fingerprint density at radius 3 is 2.09 bits per heavy atom. The van der Waals surface area contributed by atoms with E-state index < -0.39 is 0 Å². The number of thioether (sulfide) groups is 1. The molecule has 0 aliphatic carbocycles. The third-order valence-corrected chi connectivity index (χ3v) is 5.76. The fourth-order valence-electron chi connectivity index (χ4n) is 3.68. The Balaban J connectivity index is 2.00. The molecule has 5 heteroatoms. The zero-order valence-corrected chi connectivity index (χ0v) is 18.9. The molecule has 1 heterocycles. The first-order chi connectivity index (χ1) is 15.7. The van der Waals surface area contributed by atoms with Crippen molar-refractivity contribution in [2.24, 2.45) is 0 Å². The van der Waals surface area contributed by atoms with E-state index in [1.807, 2.05) is 116 Å². The van der Waals surface area contributed by atoms with Crippen LogP contribution in [0.2, 0.25) is 0 Å². The summed E-state index contributed by atoms with van der Waals surface area (Å²) < 4.78 is 1.70. The molecule has 4 nitrogen and oxygen atoms in total. The Kier molecular flexibility index (Phi) is 6.87. The highest BCUT2D eigenvalue weighted by atomic mass is 32.2. The van der Waals surface area contributed by atoms with E-state index in [4.69, 9.17) is 4.98 Å². The van der Waals surface area contributed by atoms with Crippen molar-refractivity contribution < 1.29 is 0 Å². The summed E-state index contributed by atoms with van der Waals surface area (Å²) in [6, 6.07) is 29.2. The van der Waals surface area contributed by atoms with Crippen molar-refractivity contribution in [2.45, 2.75) is 18.1 Å². The Bertz CT molecular complexity index is 1250. The van der Waals surface area contributed by atoms with Crippen LogP contribution in [0.3, 0.4) is 0 Å². The van der Waals surface area contributed by atoms with E-state index in [0.717, 1.165) is 16.9 Å². The number of benzene rings is 3. The SMILES string of the molecule is C/C=C/C(Nc1ccccc1)c1c(-c2ccccc2)nc(SC)n(-c2ccccc2)c1=O. The van der Waals surface area contributed by atoms with E-state index >= 15 is 0 Å². The largest absolute Gasteiger partial charge is 0.374 e. The summed E-state index contributed by atoms with van der Waals surface area (Å²) in [7, 11) is 0. The first-order valence-corrected chi connectivity index (χ1v) is 11.7. The molecule has 3 aromatic carbocycles. The van der Waals surface area contributed by atoms with Gasteiger partial charge in [-0.3, -0.25) is 9.36 Å². The van der Waals surface area contributed by atoms with Gasteiger partial charge in [-0.25, -0.2) is 4.98 Å². The summed E-state index contributed by atoms with van der Waals surface area (Å²) in [4.78, 5) is 19.1. The molecule has 0 bridgehead atoms. The summed E-state index contributed by atoms with van der Waals surface area (Å²) in [5, 5.41) is 4.17. The van der Waals surface area contributed by atoms with Gasteiger partial charge >= 0.3 is 0 Å². The number of para-hydroxylation sites is 2. The van der Waals surface area contributed by atoms with Gasteiger partial charge in [-0.1, -0.05) is 90.6 Å². The van der Waals surface area contributed by atoms with Gasteiger partial charge in [0.15, 0.2) is 5.16 Å². The molecule has 0 aliphatic heterocycles. The quantitative estimate of drug-likeness (QED) is 0.207. The fraction of sp³-hybridized carbons (Fsp3) is 0.111. The monoisotopic (exact) mass is 439 g/mol. The normalized spacial score (nSPS) is 12.1. The molecule has 0 fully saturated rings. The van der Waals surface area contributed by atoms with E-state index in [1.165, 1.54) is 11.8 Å². The molecule has 0 amide bonds. The second-order valence-electron chi connectivity index (χ2n) is 7.22. The van der Waals surface area contributed by atoms with Crippen molar-refractivity contribution >= 4 is 17.4 Å². The summed E-state index contributed by atoms with van der Waals surface area (Å²) in [6.45, 7) is 1.96. The summed E-state index contributed by atoms with van der Waals surface area (Å²) in [6.07, 6.45) is 5.91. The zero-order chi connectivity index (χ0) is 22.3. The Morgan fingerprint density at radius 1 is 0.906 bits per heavy atom. The number of allylic oxidation sites excluding steroid dienone is 1. The van der Waals surface area contributed by atoms with Crippen LogP contribution in [0.25, 0.3) is 16.9 Å². The molecule has 1 N–H and O–H groups in total. The number of rotatable bonds is 7. The van der Waals surface area contributed by atoms with Crippen molar-refractivity contribution in [3.63, 3.8) is 0 Å². The third kappa shape index (κ3) is 4.53. The lowest BCUT2D eigenvalue weighted by molar-refractivity contribution is 0.765. The van der Waals surface area contributed by atoms with Crippen LogP contribution in [-0.2, 0) is 0 Å². The molecule has 1 atom stereocenters. The van der Waals surface area contributed by atoms with Gasteiger partial charge in [0, 0.05) is 11.3 Å². The van der Waals surface area contributed by atoms with E-state index in [1.54, 1.807) is 4.57 Å². The molecule has 4 rings (SSSR count). The van der Waals surface area contributed by atoms with Crippen LogP contribution < -0.4 is 10.9 Å². The highest BCUT2D eigenvalue weighted by molar-refractivity contribution is 7.98. The second-order valence-corrected chi connectivity index (χ2v) is 7.99. The summed E-state index contributed by atoms with van der Waals surface area (Å²) in [5.41, 5.74) is 3.88. The van der Waals surface area contributed by atoms with Crippen LogP contribution in [0.5, 0.6) is 0 Å². The number of hydrogen-bond acceptors (Lipinski definition) is 4. The van der Waals surface area contributed by atoms with Gasteiger partial charge in [-0.15, -0.1) is 0 Å². The molecule has 160 valence electrons. The lowest BCUT2D eigenvalue weighted by atomic mass is 10.00. The molecule has 0 spiro atoms. The predicted molar refractivity (Wildman–Crippen MR) is 135 cm³/mol. The molecule has 1 unspecified atom stereocenters. The van der Waals surface area contributed by atoms with E-state index in [0.29, 0.717) is 16.4 Å². The van der Waals surface area contributed by atoms with Crippen molar-refractivity contribution in [1.82, 2.24) is 9.55 Å². The molecular weight excluding hydrogens is 414 g/mol. The average Bonchev–Trinajstić information content (AvgIpc) is 2.85. The molecule has 1 aromatic heterocycles. The van der Waals surface area contributed by atoms with Crippen molar-refractivity contribution in [3.8, 4) is 16.9 Å².